The van der Waals surface area contributed by atoms with E-state index in [0.29, 0.717) is 18.0 Å². The largest absolute Gasteiger partial charge is 0.494 e. The highest BCUT2D eigenvalue weighted by atomic mass is 16.5. The number of hydrogen-bond donors (Lipinski definition) is 0. The summed E-state index contributed by atoms with van der Waals surface area (Å²) >= 11 is 0. The first-order chi connectivity index (χ1) is 12.6. The van der Waals surface area contributed by atoms with Gasteiger partial charge in [-0.05, 0) is 50.2 Å². The summed E-state index contributed by atoms with van der Waals surface area (Å²) in [5.74, 6) is 1.00. The van der Waals surface area contributed by atoms with Gasteiger partial charge in [0.25, 0.3) is 5.91 Å². The molecule has 0 spiro atoms. The summed E-state index contributed by atoms with van der Waals surface area (Å²) in [6, 6.07) is 14.1. The number of ether oxygens (including phenoxy) is 1. The van der Waals surface area contributed by atoms with Crippen LogP contribution in [0.25, 0.3) is 11.0 Å². The Balaban J connectivity index is 1.70. The lowest BCUT2D eigenvalue weighted by Gasteiger charge is -2.17. The van der Waals surface area contributed by atoms with Crippen LogP contribution >= 0.6 is 0 Å². The lowest BCUT2D eigenvalue weighted by atomic mass is 10.2. The van der Waals surface area contributed by atoms with Crippen LogP contribution in [0.15, 0.2) is 48.5 Å². The molecule has 6 heteroatoms. The summed E-state index contributed by atoms with van der Waals surface area (Å²) in [5.41, 5.74) is 2.25. The van der Waals surface area contributed by atoms with Crippen LogP contribution in [0, 0.1) is 6.92 Å². The zero-order valence-corrected chi connectivity index (χ0v) is 14.7. The average molecular weight is 349 g/mol. The summed E-state index contributed by atoms with van der Waals surface area (Å²) in [6.45, 7) is 4.33. The van der Waals surface area contributed by atoms with Gasteiger partial charge >= 0.3 is 0 Å². The molecule has 0 saturated carbocycles. The molecule has 1 aliphatic heterocycles. The Morgan fingerprint density at radius 3 is 2.58 bits per heavy atom. The number of nitrogens with zero attached hydrogens (tertiary/aromatic N) is 3. The van der Waals surface area contributed by atoms with E-state index in [4.69, 9.17) is 4.74 Å². The van der Waals surface area contributed by atoms with Crippen LogP contribution < -0.4 is 9.64 Å². The van der Waals surface area contributed by atoms with E-state index in [9.17, 15) is 9.59 Å². The van der Waals surface area contributed by atoms with Crippen molar-refractivity contribution in [2.75, 3.05) is 11.5 Å². The smallest absolute Gasteiger partial charge is 0.257 e. The Bertz CT molecular complexity index is 991. The van der Waals surface area contributed by atoms with Gasteiger partial charge in [0, 0.05) is 0 Å². The SMILES string of the molecule is CCOc1ccc(N2C(=O)C[C@@H](n3c(C)nc4ccccc43)C2=O)cc1. The molecule has 0 aliphatic carbocycles. The van der Waals surface area contributed by atoms with Gasteiger partial charge in [-0.25, -0.2) is 9.88 Å². The molecular formula is C20H19N3O3. The summed E-state index contributed by atoms with van der Waals surface area (Å²) in [6.07, 6.45) is 0.132. The predicted molar refractivity (Wildman–Crippen MR) is 98.2 cm³/mol. The van der Waals surface area contributed by atoms with Gasteiger partial charge in [0.1, 0.15) is 17.6 Å². The van der Waals surface area contributed by atoms with Gasteiger partial charge in [-0.3, -0.25) is 9.59 Å². The minimum atomic E-state index is -0.568. The van der Waals surface area contributed by atoms with E-state index in [1.807, 2.05) is 42.7 Å². The van der Waals surface area contributed by atoms with Crippen molar-refractivity contribution in [1.82, 2.24) is 9.55 Å². The molecule has 0 bridgehead atoms. The van der Waals surface area contributed by atoms with Crippen molar-refractivity contribution < 1.29 is 14.3 Å². The number of para-hydroxylation sites is 2. The van der Waals surface area contributed by atoms with E-state index in [2.05, 4.69) is 4.98 Å². The quantitative estimate of drug-likeness (QED) is 0.678. The maximum Gasteiger partial charge on any atom is 0.257 e. The van der Waals surface area contributed by atoms with E-state index >= 15 is 0 Å². The van der Waals surface area contributed by atoms with Crippen LogP contribution in [0.2, 0.25) is 0 Å². The Labute approximate surface area is 151 Å². The van der Waals surface area contributed by atoms with Gasteiger partial charge in [-0.15, -0.1) is 0 Å². The zero-order chi connectivity index (χ0) is 18.3. The average Bonchev–Trinajstić information content (AvgIpc) is 3.11. The van der Waals surface area contributed by atoms with Gasteiger partial charge in [0.05, 0.1) is 29.7 Å². The molecule has 3 aromatic rings. The predicted octanol–water partition coefficient (Wildman–Crippen LogP) is 3.25. The first-order valence-electron chi connectivity index (χ1n) is 8.63. The normalized spacial score (nSPS) is 17.3. The second-order valence-corrected chi connectivity index (χ2v) is 6.23. The number of benzene rings is 2. The van der Waals surface area contributed by atoms with Crippen molar-refractivity contribution in [3.8, 4) is 5.75 Å². The molecule has 26 heavy (non-hydrogen) atoms. The van der Waals surface area contributed by atoms with E-state index in [1.165, 1.54) is 4.90 Å². The minimum Gasteiger partial charge on any atom is -0.494 e. The van der Waals surface area contributed by atoms with E-state index in [1.54, 1.807) is 24.3 Å². The van der Waals surface area contributed by atoms with Crippen molar-refractivity contribution >= 4 is 28.5 Å². The highest BCUT2D eigenvalue weighted by molar-refractivity contribution is 6.22. The molecule has 1 fully saturated rings. The fourth-order valence-electron chi connectivity index (χ4n) is 3.51. The lowest BCUT2D eigenvalue weighted by Crippen LogP contribution is -2.31. The van der Waals surface area contributed by atoms with Crippen molar-refractivity contribution in [2.24, 2.45) is 0 Å². The van der Waals surface area contributed by atoms with Crippen LogP contribution in [0.4, 0.5) is 5.69 Å². The third kappa shape index (κ3) is 2.54. The molecular weight excluding hydrogens is 330 g/mol. The van der Waals surface area contributed by atoms with Gasteiger partial charge in [-0.2, -0.15) is 0 Å². The summed E-state index contributed by atoms with van der Waals surface area (Å²) in [5, 5.41) is 0. The molecule has 132 valence electrons. The number of hydrogen-bond acceptors (Lipinski definition) is 4. The minimum absolute atomic E-state index is 0.132. The number of anilines is 1. The number of aromatic nitrogens is 2. The number of fused-ring (bicyclic) bond motifs is 1. The molecule has 0 radical (unpaired) electrons. The summed E-state index contributed by atoms with van der Waals surface area (Å²) in [7, 11) is 0. The van der Waals surface area contributed by atoms with Crippen molar-refractivity contribution in [3.05, 3.63) is 54.4 Å². The standard InChI is InChI=1S/C20H19N3O3/c1-3-26-15-10-8-14(9-11-15)23-19(24)12-18(20(23)25)22-13(2)21-16-6-4-5-7-17(16)22/h4-11,18H,3,12H2,1-2H3/t18-/m1/s1. The number of carbonyl (C=O) groups is 2. The summed E-state index contributed by atoms with van der Waals surface area (Å²) in [4.78, 5) is 31.4. The second-order valence-electron chi connectivity index (χ2n) is 6.23. The van der Waals surface area contributed by atoms with Crippen molar-refractivity contribution in [1.29, 1.82) is 0 Å². The Morgan fingerprint density at radius 2 is 1.85 bits per heavy atom. The molecule has 1 saturated heterocycles. The summed E-state index contributed by atoms with van der Waals surface area (Å²) < 4.78 is 7.29. The molecule has 2 aromatic carbocycles. The number of imidazole rings is 1. The second kappa shape index (κ2) is 6.29. The van der Waals surface area contributed by atoms with Gasteiger partial charge in [0.15, 0.2) is 0 Å². The first kappa shape index (κ1) is 16.3. The molecule has 2 amide bonds. The molecule has 1 aliphatic rings. The van der Waals surface area contributed by atoms with E-state index in [-0.39, 0.29) is 18.2 Å². The molecule has 4 rings (SSSR count). The number of aryl methyl sites for hydroxylation is 1. The lowest BCUT2D eigenvalue weighted by molar-refractivity contribution is -0.122. The van der Waals surface area contributed by atoms with Crippen LogP contribution in [0.5, 0.6) is 5.75 Å². The van der Waals surface area contributed by atoms with Crippen molar-refractivity contribution in [2.45, 2.75) is 26.3 Å². The maximum atomic E-state index is 13.0. The molecule has 0 unspecified atom stereocenters. The zero-order valence-electron chi connectivity index (χ0n) is 14.7. The molecule has 2 heterocycles. The highest BCUT2D eigenvalue weighted by Gasteiger charge is 2.41. The van der Waals surface area contributed by atoms with Gasteiger partial charge in [-0.1, -0.05) is 12.1 Å². The topological polar surface area (TPSA) is 64.4 Å². The third-order valence-electron chi connectivity index (χ3n) is 4.61. The van der Waals surface area contributed by atoms with Gasteiger partial charge in [0.2, 0.25) is 5.91 Å². The van der Waals surface area contributed by atoms with Gasteiger partial charge < -0.3 is 9.30 Å². The Kier molecular flexibility index (Phi) is 3.95. The Hall–Kier alpha value is -3.15. The van der Waals surface area contributed by atoms with Crippen LogP contribution in [0.3, 0.4) is 0 Å². The van der Waals surface area contributed by atoms with E-state index < -0.39 is 6.04 Å². The van der Waals surface area contributed by atoms with Crippen LogP contribution in [0.1, 0.15) is 25.2 Å². The fraction of sp³-hybridized carbons (Fsp3) is 0.250. The number of carbonyl (C=O) groups excluding carboxylic acids is 2. The number of imide groups is 1. The van der Waals surface area contributed by atoms with E-state index in [0.717, 1.165) is 16.9 Å². The number of amides is 2. The monoisotopic (exact) mass is 349 g/mol. The Morgan fingerprint density at radius 1 is 1.12 bits per heavy atom. The van der Waals surface area contributed by atoms with Crippen LogP contribution in [-0.2, 0) is 9.59 Å². The molecule has 0 N–H and O–H groups in total. The maximum absolute atomic E-state index is 13.0. The van der Waals surface area contributed by atoms with Crippen molar-refractivity contribution in [3.63, 3.8) is 0 Å². The molecule has 1 atom stereocenters. The van der Waals surface area contributed by atoms with Crippen LogP contribution in [-0.4, -0.2) is 28.0 Å². The highest BCUT2D eigenvalue weighted by Crippen LogP contribution is 2.33. The molecule has 6 nitrogen and oxygen atoms in total. The first-order valence-corrected chi connectivity index (χ1v) is 8.63. The molecule has 1 aromatic heterocycles. The fourth-order valence-corrected chi connectivity index (χ4v) is 3.51. The number of rotatable bonds is 4. The third-order valence-corrected chi connectivity index (χ3v) is 4.61.